The molecule has 0 saturated carbocycles. The summed E-state index contributed by atoms with van der Waals surface area (Å²) in [6, 6.07) is 30.1. The van der Waals surface area contributed by atoms with E-state index in [1.807, 2.05) is 77.7 Å². The number of fused-ring (bicyclic) bond motifs is 1. The normalized spacial score (nSPS) is 14.2. The molecule has 1 unspecified atom stereocenters. The molecule has 0 aliphatic carbocycles. The van der Waals surface area contributed by atoms with Gasteiger partial charge in [0, 0.05) is 6.54 Å². The number of methoxy groups -OCH3 is 2. The molecule has 1 aliphatic rings. The van der Waals surface area contributed by atoms with E-state index >= 15 is 0 Å². The van der Waals surface area contributed by atoms with Crippen molar-refractivity contribution < 1.29 is 28.5 Å². The highest BCUT2D eigenvalue weighted by Crippen LogP contribution is 2.40. The first-order valence-electron chi connectivity index (χ1n) is 14.1. The molecule has 0 saturated heterocycles. The molecule has 4 aromatic rings. The number of nitrogens with zero attached hydrogens (tertiary/aromatic N) is 1. The van der Waals surface area contributed by atoms with Crippen LogP contribution in [-0.4, -0.2) is 50.8 Å². The Hall–Kier alpha value is -4.78. The number of ether oxygens (including phenoxy) is 4. The zero-order valence-electron chi connectivity index (χ0n) is 24.1. The van der Waals surface area contributed by atoms with E-state index in [0.717, 1.165) is 22.3 Å². The summed E-state index contributed by atoms with van der Waals surface area (Å²) in [5, 5.41) is 0. The number of benzene rings is 4. The SMILES string of the molecule is CCOC(=O)c1ccc(OCC2c3cc(OC)c(OC)cc3CCN2C(=O)C(c2ccccc2)c2ccccc2)cc1. The Kier molecular flexibility index (Phi) is 9.07. The van der Waals surface area contributed by atoms with Crippen LogP contribution in [0.1, 0.15) is 51.5 Å². The summed E-state index contributed by atoms with van der Waals surface area (Å²) in [6.07, 6.45) is 0.669. The van der Waals surface area contributed by atoms with Gasteiger partial charge in [-0.3, -0.25) is 4.79 Å². The second kappa shape index (κ2) is 13.3. The molecule has 0 bridgehead atoms. The highest BCUT2D eigenvalue weighted by Gasteiger charge is 2.37. The molecule has 0 N–H and O–H groups in total. The topological polar surface area (TPSA) is 74.3 Å². The van der Waals surface area contributed by atoms with Gasteiger partial charge in [-0.05, 0) is 72.0 Å². The van der Waals surface area contributed by atoms with Crippen molar-refractivity contribution >= 4 is 11.9 Å². The zero-order valence-corrected chi connectivity index (χ0v) is 24.1. The van der Waals surface area contributed by atoms with Crippen LogP contribution in [0.15, 0.2) is 97.1 Å². The molecule has 1 aliphatic heterocycles. The second-order valence-electron chi connectivity index (χ2n) is 10.0. The Labute approximate surface area is 246 Å². The maximum absolute atomic E-state index is 14.6. The summed E-state index contributed by atoms with van der Waals surface area (Å²) >= 11 is 0. The third kappa shape index (κ3) is 6.10. The lowest BCUT2D eigenvalue weighted by Crippen LogP contribution is -2.45. The Morgan fingerprint density at radius 3 is 2.00 bits per heavy atom. The fourth-order valence-corrected chi connectivity index (χ4v) is 5.48. The zero-order chi connectivity index (χ0) is 29.5. The summed E-state index contributed by atoms with van der Waals surface area (Å²) in [5.74, 6) is 0.981. The highest BCUT2D eigenvalue weighted by molar-refractivity contribution is 5.89. The van der Waals surface area contributed by atoms with Crippen LogP contribution in [0.3, 0.4) is 0 Å². The Morgan fingerprint density at radius 2 is 1.43 bits per heavy atom. The molecule has 216 valence electrons. The minimum atomic E-state index is -0.472. The largest absolute Gasteiger partial charge is 0.493 e. The molecule has 4 aromatic carbocycles. The molecule has 0 fully saturated rings. The van der Waals surface area contributed by atoms with E-state index in [9.17, 15) is 9.59 Å². The third-order valence-electron chi connectivity index (χ3n) is 7.57. The quantitative estimate of drug-likeness (QED) is 0.213. The molecular weight excluding hydrogens is 530 g/mol. The van der Waals surface area contributed by atoms with Gasteiger partial charge in [-0.1, -0.05) is 60.7 Å². The van der Waals surface area contributed by atoms with Gasteiger partial charge in [0.15, 0.2) is 11.5 Å². The summed E-state index contributed by atoms with van der Waals surface area (Å²) < 4.78 is 22.6. The standard InChI is InChI=1S/C35H35NO6/c1-4-41-35(38)26-15-17-28(18-16-26)42-23-30-29-22-32(40-3)31(39-2)21-27(29)19-20-36(30)34(37)33(24-11-7-5-8-12-24)25-13-9-6-10-14-25/h5-18,21-22,30,33H,4,19-20,23H2,1-3H3. The molecule has 42 heavy (non-hydrogen) atoms. The van der Waals surface area contributed by atoms with E-state index in [1.165, 1.54) is 0 Å². The number of rotatable bonds is 10. The Balaban J connectivity index is 1.50. The maximum Gasteiger partial charge on any atom is 0.338 e. The van der Waals surface area contributed by atoms with Crippen LogP contribution >= 0.6 is 0 Å². The molecule has 0 aromatic heterocycles. The first kappa shape index (κ1) is 28.7. The average molecular weight is 566 g/mol. The van der Waals surface area contributed by atoms with E-state index < -0.39 is 5.92 Å². The average Bonchev–Trinajstić information content (AvgIpc) is 3.04. The van der Waals surface area contributed by atoms with Crippen molar-refractivity contribution in [3.8, 4) is 17.2 Å². The lowest BCUT2D eigenvalue weighted by atomic mass is 9.86. The van der Waals surface area contributed by atoms with E-state index in [0.29, 0.717) is 42.4 Å². The lowest BCUT2D eigenvalue weighted by Gasteiger charge is -2.39. The Morgan fingerprint density at radius 1 is 0.833 bits per heavy atom. The van der Waals surface area contributed by atoms with E-state index in [4.69, 9.17) is 18.9 Å². The van der Waals surface area contributed by atoms with Crippen molar-refractivity contribution in [1.29, 1.82) is 0 Å². The van der Waals surface area contributed by atoms with E-state index in [1.54, 1.807) is 45.4 Å². The van der Waals surface area contributed by atoms with Crippen LogP contribution in [0, 0.1) is 0 Å². The fraction of sp³-hybridized carbons (Fsp3) is 0.257. The van der Waals surface area contributed by atoms with Gasteiger partial charge in [0.2, 0.25) is 5.91 Å². The van der Waals surface area contributed by atoms with Crippen molar-refractivity contribution in [2.75, 3.05) is 34.0 Å². The molecule has 1 amide bonds. The number of carbonyl (C=O) groups excluding carboxylic acids is 2. The van der Waals surface area contributed by atoms with Gasteiger partial charge >= 0.3 is 5.97 Å². The van der Waals surface area contributed by atoms with Gasteiger partial charge in [0.25, 0.3) is 0 Å². The second-order valence-corrected chi connectivity index (χ2v) is 10.0. The van der Waals surface area contributed by atoms with Gasteiger partial charge < -0.3 is 23.8 Å². The number of esters is 1. The number of amides is 1. The van der Waals surface area contributed by atoms with Crippen LogP contribution in [-0.2, 0) is 16.0 Å². The smallest absolute Gasteiger partial charge is 0.338 e. The number of hydrogen-bond donors (Lipinski definition) is 0. The summed E-state index contributed by atoms with van der Waals surface area (Å²) in [6.45, 7) is 2.81. The van der Waals surface area contributed by atoms with Crippen molar-refractivity contribution in [1.82, 2.24) is 4.90 Å². The first-order chi connectivity index (χ1) is 20.5. The van der Waals surface area contributed by atoms with Crippen LogP contribution in [0.4, 0.5) is 0 Å². The third-order valence-corrected chi connectivity index (χ3v) is 7.57. The molecule has 5 rings (SSSR count). The van der Waals surface area contributed by atoms with Crippen molar-refractivity contribution in [3.05, 3.63) is 125 Å². The lowest BCUT2D eigenvalue weighted by molar-refractivity contribution is -0.135. The van der Waals surface area contributed by atoms with Gasteiger partial charge in [-0.2, -0.15) is 0 Å². The maximum atomic E-state index is 14.6. The molecule has 1 heterocycles. The number of hydrogen-bond acceptors (Lipinski definition) is 6. The summed E-state index contributed by atoms with van der Waals surface area (Å²) in [5.41, 5.74) is 4.35. The number of carbonyl (C=O) groups is 2. The molecule has 7 heteroatoms. The van der Waals surface area contributed by atoms with Gasteiger partial charge in [0.05, 0.1) is 38.3 Å². The monoisotopic (exact) mass is 565 g/mol. The highest BCUT2D eigenvalue weighted by atomic mass is 16.5. The Bertz CT molecular complexity index is 1460. The first-order valence-corrected chi connectivity index (χ1v) is 14.1. The van der Waals surface area contributed by atoms with Crippen LogP contribution < -0.4 is 14.2 Å². The van der Waals surface area contributed by atoms with Crippen molar-refractivity contribution in [2.24, 2.45) is 0 Å². The minimum Gasteiger partial charge on any atom is -0.493 e. The summed E-state index contributed by atoms with van der Waals surface area (Å²) in [4.78, 5) is 28.6. The van der Waals surface area contributed by atoms with Crippen LogP contribution in [0.5, 0.6) is 17.2 Å². The van der Waals surface area contributed by atoms with E-state index in [-0.39, 0.29) is 24.5 Å². The molecule has 1 atom stereocenters. The van der Waals surface area contributed by atoms with Crippen molar-refractivity contribution in [3.63, 3.8) is 0 Å². The van der Waals surface area contributed by atoms with Crippen molar-refractivity contribution in [2.45, 2.75) is 25.3 Å². The predicted molar refractivity (Wildman–Crippen MR) is 160 cm³/mol. The summed E-state index contributed by atoms with van der Waals surface area (Å²) in [7, 11) is 3.22. The molecular formula is C35H35NO6. The van der Waals surface area contributed by atoms with E-state index in [2.05, 4.69) is 0 Å². The predicted octanol–water partition coefficient (Wildman–Crippen LogP) is 6.22. The van der Waals surface area contributed by atoms with Gasteiger partial charge in [-0.15, -0.1) is 0 Å². The molecule has 0 spiro atoms. The molecule has 7 nitrogen and oxygen atoms in total. The molecule has 0 radical (unpaired) electrons. The van der Waals surface area contributed by atoms with Gasteiger partial charge in [0.1, 0.15) is 12.4 Å². The fourth-order valence-electron chi connectivity index (χ4n) is 5.48. The van der Waals surface area contributed by atoms with Crippen LogP contribution in [0.2, 0.25) is 0 Å². The van der Waals surface area contributed by atoms with Gasteiger partial charge in [-0.25, -0.2) is 4.79 Å². The van der Waals surface area contributed by atoms with Crippen LogP contribution in [0.25, 0.3) is 0 Å². The minimum absolute atomic E-state index is 0.000839.